The lowest BCUT2D eigenvalue weighted by Crippen LogP contribution is -2.03. The van der Waals surface area contributed by atoms with Crippen LogP contribution in [0.4, 0.5) is 0 Å². The van der Waals surface area contributed by atoms with Crippen molar-refractivity contribution in [1.82, 2.24) is 0 Å². The first kappa shape index (κ1) is 18.4. The van der Waals surface area contributed by atoms with Gasteiger partial charge in [0.05, 0.1) is 1.37 Å². The molecule has 0 aliphatic carbocycles. The zero-order chi connectivity index (χ0) is 19.2. The Labute approximate surface area is 141 Å². The van der Waals surface area contributed by atoms with Crippen LogP contribution in [0, 0.1) is 0 Å². The Bertz CT molecular complexity index is 447. The molecule has 0 heterocycles. The van der Waals surface area contributed by atoms with Crippen molar-refractivity contribution in [2.24, 2.45) is 5.73 Å². The van der Waals surface area contributed by atoms with Gasteiger partial charge >= 0.3 is 0 Å². The van der Waals surface area contributed by atoms with Crippen molar-refractivity contribution in [3.8, 4) is 0 Å². The molecule has 1 heteroatoms. The third kappa shape index (κ3) is 11.1. The van der Waals surface area contributed by atoms with Crippen molar-refractivity contribution in [2.45, 2.75) is 60.4 Å². The highest BCUT2D eigenvalue weighted by atomic mass is 14.6. The normalized spacial score (nSPS) is 13.3. The molecule has 1 unspecified atom stereocenters. The molecule has 1 nitrogen and oxygen atoms in total. The number of hydrogen-bond acceptors (Lipinski definition) is 1. The van der Waals surface area contributed by atoms with Gasteiger partial charge in [0.15, 0.2) is 0 Å². The molecular weight excluding hydrogens is 266 g/mol. The minimum absolute atomic E-state index is 0.457. The summed E-state index contributed by atoms with van der Waals surface area (Å²) in [6.07, 6.45) is 0. The van der Waals surface area contributed by atoms with E-state index in [0.717, 1.165) is 11.1 Å². The minimum atomic E-state index is -0.957. The van der Waals surface area contributed by atoms with E-state index in [4.69, 9.17) is 8.48 Å². The lowest BCUT2D eigenvalue weighted by Gasteiger charge is -2.02. The summed E-state index contributed by atoms with van der Waals surface area (Å²) >= 11 is 0. The fraction of sp³-hybridized carbons (Fsp3) is 0.429. The molecule has 0 spiro atoms. The smallest absolute Gasteiger partial charge is 0.0511 e. The van der Waals surface area contributed by atoms with Crippen molar-refractivity contribution in [2.75, 3.05) is 0 Å². The van der Waals surface area contributed by atoms with Crippen LogP contribution in [-0.4, -0.2) is 0 Å². The molecule has 0 aliphatic heterocycles. The number of benzene rings is 2. The molecule has 0 amide bonds. The van der Waals surface area contributed by atoms with Crippen LogP contribution in [-0.2, 0) is 0 Å². The minimum Gasteiger partial charge on any atom is -0.324 e. The van der Waals surface area contributed by atoms with Crippen LogP contribution in [0.5, 0.6) is 0 Å². The number of nitrogens with two attached hydrogens (primary N) is 1. The van der Waals surface area contributed by atoms with Crippen molar-refractivity contribution in [3.05, 3.63) is 71.8 Å². The van der Waals surface area contributed by atoms with Crippen LogP contribution in [0.2, 0.25) is 0 Å². The summed E-state index contributed by atoms with van der Waals surface area (Å²) in [5.41, 5.74) is 7.43. The van der Waals surface area contributed by atoms with Crippen LogP contribution in [0.3, 0.4) is 0 Å². The van der Waals surface area contributed by atoms with Gasteiger partial charge in [0.1, 0.15) is 0 Å². The van der Waals surface area contributed by atoms with Crippen LogP contribution in [0.1, 0.15) is 74.2 Å². The molecule has 2 aromatic carbocycles. The van der Waals surface area contributed by atoms with Gasteiger partial charge in [-0.05, 0) is 23.9 Å². The number of rotatable bonds is 2. The third-order valence-corrected chi connectivity index (χ3v) is 2.58. The lowest BCUT2D eigenvalue weighted by molar-refractivity contribution is 0.818. The van der Waals surface area contributed by atoms with Crippen LogP contribution in [0.25, 0.3) is 0 Å². The largest absolute Gasteiger partial charge is 0.324 e. The third-order valence-electron chi connectivity index (χ3n) is 2.58. The van der Waals surface area contributed by atoms with Crippen molar-refractivity contribution in [3.63, 3.8) is 0 Å². The van der Waals surface area contributed by atoms with E-state index >= 15 is 0 Å². The second kappa shape index (κ2) is 15.8. The van der Waals surface area contributed by atoms with Gasteiger partial charge in [-0.2, -0.15) is 0 Å². The van der Waals surface area contributed by atoms with Crippen LogP contribution in [0.15, 0.2) is 60.7 Å². The lowest BCUT2D eigenvalue weighted by atomic mass is 10.0. The Kier molecular flexibility index (Phi) is 13.2. The average molecular weight is 304 g/mol. The van der Waals surface area contributed by atoms with E-state index in [9.17, 15) is 0 Å². The number of hydrogen-bond donors (Lipinski definition) is 1. The Morgan fingerprint density at radius 3 is 1.18 bits per heavy atom. The molecule has 0 saturated carbocycles. The van der Waals surface area contributed by atoms with Gasteiger partial charge in [0.25, 0.3) is 0 Å². The fourth-order valence-corrected chi connectivity index (χ4v) is 1.47. The predicted molar refractivity (Wildman–Crippen MR) is 102 cm³/mol. The highest BCUT2D eigenvalue weighted by Crippen LogP contribution is 2.11. The first-order valence-corrected chi connectivity index (χ1v) is 8.11. The summed E-state index contributed by atoms with van der Waals surface area (Å²) in [5.74, 6) is -0.457. The molecular formula is C21H35N. The molecule has 22 heavy (non-hydrogen) atoms. The molecule has 1 atom stereocenters. The summed E-state index contributed by atoms with van der Waals surface area (Å²) in [4.78, 5) is 0. The second-order valence-corrected chi connectivity index (χ2v) is 4.42. The van der Waals surface area contributed by atoms with E-state index in [1.165, 1.54) is 0 Å². The van der Waals surface area contributed by atoms with Gasteiger partial charge < -0.3 is 5.73 Å². The highest BCUT2D eigenvalue weighted by molar-refractivity contribution is 5.18. The second-order valence-electron chi connectivity index (χ2n) is 4.42. The fourth-order valence-electron chi connectivity index (χ4n) is 1.47. The van der Waals surface area contributed by atoms with Gasteiger partial charge in [-0.1, -0.05) is 102 Å². The molecule has 0 aliphatic rings. The maximum atomic E-state index is 7.67. The molecule has 2 N–H and O–H groups in total. The van der Waals surface area contributed by atoms with Gasteiger partial charge in [-0.15, -0.1) is 0 Å². The first-order chi connectivity index (χ1) is 11.2. The van der Waals surface area contributed by atoms with E-state index in [1.54, 1.807) is 6.92 Å². The molecule has 0 radical (unpaired) electrons. The molecule has 2 aromatic rings. The maximum absolute atomic E-state index is 7.67. The Hall–Kier alpha value is -1.60. The summed E-state index contributed by atoms with van der Waals surface area (Å²) in [5, 5.41) is 0. The maximum Gasteiger partial charge on any atom is 0.0511 e. The zero-order valence-corrected chi connectivity index (χ0v) is 15.4. The summed E-state index contributed by atoms with van der Waals surface area (Å²) in [6.45, 7) is 13.5. The van der Waals surface area contributed by atoms with Gasteiger partial charge in [-0.25, -0.2) is 0 Å². The Morgan fingerprint density at radius 1 is 0.682 bits per heavy atom. The van der Waals surface area contributed by atoms with Gasteiger partial charge in [-0.3, -0.25) is 0 Å². The summed E-state index contributed by atoms with van der Waals surface area (Å²) in [6, 6.07) is 18.3. The van der Waals surface area contributed by atoms with E-state index in [-0.39, 0.29) is 0 Å². The predicted octanol–water partition coefficient (Wildman–Crippen LogP) is 6.57. The van der Waals surface area contributed by atoms with Crippen molar-refractivity contribution >= 4 is 0 Å². The highest BCUT2D eigenvalue weighted by Gasteiger charge is 1.94. The van der Waals surface area contributed by atoms with Crippen LogP contribution < -0.4 is 5.73 Å². The molecule has 0 aromatic heterocycles. The summed E-state index contributed by atoms with van der Waals surface area (Å²) < 4.78 is 15.1. The molecule has 0 saturated heterocycles. The van der Waals surface area contributed by atoms with Gasteiger partial charge in [0, 0.05) is 7.39 Å². The first-order valence-electron chi connectivity index (χ1n) is 9.11. The van der Waals surface area contributed by atoms with E-state index < -0.39 is 11.9 Å². The standard InChI is InChI=1S/C9H12.C8H11N.2C2H6/c1-8(2)9-6-4-3-5-7-9;1-7(9)8-5-3-2-4-6-8;2*1-2/h3-8H,1-2H3;2-7H,9H2,1H3;2*1-2H3/i8D;7D;;. The van der Waals surface area contributed by atoms with E-state index in [2.05, 4.69) is 0 Å². The summed E-state index contributed by atoms with van der Waals surface area (Å²) in [7, 11) is 0. The Balaban J connectivity index is 0. The zero-order valence-electron chi connectivity index (χ0n) is 17.4. The van der Waals surface area contributed by atoms with E-state index in [0.29, 0.717) is 0 Å². The quantitative estimate of drug-likeness (QED) is 0.667. The Morgan fingerprint density at radius 2 is 1.00 bits per heavy atom. The molecule has 124 valence electrons. The molecule has 0 fully saturated rings. The van der Waals surface area contributed by atoms with Crippen molar-refractivity contribution < 1.29 is 2.74 Å². The van der Waals surface area contributed by atoms with Crippen LogP contribution >= 0.6 is 0 Å². The monoisotopic (exact) mass is 303 g/mol. The molecule has 0 bridgehead atoms. The van der Waals surface area contributed by atoms with Crippen molar-refractivity contribution in [1.29, 1.82) is 0 Å². The van der Waals surface area contributed by atoms with Gasteiger partial charge in [0.2, 0.25) is 0 Å². The van der Waals surface area contributed by atoms with E-state index in [1.807, 2.05) is 102 Å². The SMILES string of the molecule is CC.CC.[2H]C(C)(C)c1ccccc1.[2H]C(C)(N)c1ccccc1. The average Bonchev–Trinajstić information content (AvgIpc) is 2.59. The topological polar surface area (TPSA) is 26.0 Å². The molecule has 2 rings (SSSR count).